The van der Waals surface area contributed by atoms with E-state index in [0.717, 1.165) is 38.2 Å². The number of carbonyl (C=O) groups is 1. The molecule has 4 nitrogen and oxygen atoms in total. The summed E-state index contributed by atoms with van der Waals surface area (Å²) in [5.74, 6) is -0.164. The number of rotatable bonds is 5. The van der Waals surface area contributed by atoms with Gasteiger partial charge in [0, 0.05) is 32.7 Å². The normalized spacial score (nSPS) is 15.9. The number of hydrogen-bond acceptors (Lipinski definition) is 3. The predicted octanol–water partition coefficient (Wildman–Crippen LogP) is 3.82. The van der Waals surface area contributed by atoms with Crippen molar-refractivity contribution in [1.82, 2.24) is 9.80 Å². The molecule has 1 fully saturated rings. The number of benzene rings is 2. The molecule has 0 saturated carbocycles. The molecule has 0 spiro atoms. The van der Waals surface area contributed by atoms with E-state index in [-0.39, 0.29) is 18.3 Å². The molecule has 150 valence electrons. The summed E-state index contributed by atoms with van der Waals surface area (Å²) in [6, 6.07) is 14.7. The largest absolute Gasteiger partial charge is 0.484 e. The number of ether oxygens (including phenoxy) is 1. The number of nitrogens with zero attached hydrogens (tertiary/aromatic N) is 2. The van der Waals surface area contributed by atoms with Crippen LogP contribution in [0.25, 0.3) is 0 Å². The molecule has 1 aliphatic heterocycles. The molecule has 3 rings (SSSR count). The minimum absolute atomic E-state index is 0.0451. The van der Waals surface area contributed by atoms with Crippen molar-refractivity contribution in [2.75, 3.05) is 32.8 Å². The molecule has 1 heterocycles. The van der Waals surface area contributed by atoms with Crippen LogP contribution in [-0.4, -0.2) is 48.5 Å². The molecule has 1 saturated heterocycles. The highest BCUT2D eigenvalue weighted by Crippen LogP contribution is 2.31. The number of carbonyl (C=O) groups excluding carboxylic acids is 1. The third-order valence-corrected chi connectivity index (χ3v) is 4.71. The Labute approximate surface area is 162 Å². The average Bonchev–Trinajstić information content (AvgIpc) is 2.92. The maximum atomic E-state index is 12.8. The van der Waals surface area contributed by atoms with E-state index < -0.39 is 11.7 Å². The molecule has 0 atom stereocenters. The van der Waals surface area contributed by atoms with Crippen LogP contribution in [0.1, 0.15) is 17.5 Å². The quantitative estimate of drug-likeness (QED) is 0.776. The van der Waals surface area contributed by atoms with E-state index in [0.29, 0.717) is 13.1 Å². The van der Waals surface area contributed by atoms with Gasteiger partial charge in [0.2, 0.25) is 0 Å². The van der Waals surface area contributed by atoms with E-state index in [1.807, 2.05) is 18.2 Å². The van der Waals surface area contributed by atoms with Gasteiger partial charge in [0.15, 0.2) is 6.61 Å². The van der Waals surface area contributed by atoms with Crippen molar-refractivity contribution < 1.29 is 22.7 Å². The van der Waals surface area contributed by atoms with Crippen molar-refractivity contribution in [2.24, 2.45) is 0 Å². The lowest BCUT2D eigenvalue weighted by atomic mass is 10.2. The first kappa shape index (κ1) is 20.2. The predicted molar refractivity (Wildman–Crippen MR) is 99.9 cm³/mol. The summed E-state index contributed by atoms with van der Waals surface area (Å²) >= 11 is 0. The third-order valence-electron chi connectivity index (χ3n) is 4.71. The smallest absolute Gasteiger partial charge is 0.416 e. The zero-order valence-corrected chi connectivity index (χ0v) is 15.5. The van der Waals surface area contributed by atoms with Crippen molar-refractivity contribution in [2.45, 2.75) is 19.1 Å². The summed E-state index contributed by atoms with van der Waals surface area (Å²) in [4.78, 5) is 16.5. The highest BCUT2D eigenvalue weighted by Gasteiger charge is 2.30. The van der Waals surface area contributed by atoms with Crippen LogP contribution in [0, 0.1) is 0 Å². The maximum absolute atomic E-state index is 12.8. The molecular weight excluding hydrogens is 369 g/mol. The molecule has 0 aromatic heterocycles. The van der Waals surface area contributed by atoms with Gasteiger partial charge in [-0.05, 0) is 30.2 Å². The number of halogens is 3. The molecule has 7 heteroatoms. The summed E-state index contributed by atoms with van der Waals surface area (Å²) in [6.07, 6.45) is -3.58. The molecule has 0 unspecified atom stereocenters. The minimum atomic E-state index is -4.43. The van der Waals surface area contributed by atoms with Crippen LogP contribution in [0.15, 0.2) is 54.6 Å². The van der Waals surface area contributed by atoms with Crippen molar-refractivity contribution in [3.05, 3.63) is 65.7 Å². The van der Waals surface area contributed by atoms with Gasteiger partial charge in [-0.25, -0.2) is 0 Å². The van der Waals surface area contributed by atoms with Crippen LogP contribution in [0.5, 0.6) is 5.75 Å². The van der Waals surface area contributed by atoms with Crippen LogP contribution in [-0.2, 0) is 17.5 Å². The molecular formula is C21H23F3N2O2. The van der Waals surface area contributed by atoms with Crippen molar-refractivity contribution >= 4 is 5.91 Å². The Morgan fingerprint density at radius 1 is 0.964 bits per heavy atom. The summed E-state index contributed by atoms with van der Waals surface area (Å²) < 4.78 is 43.6. The molecule has 1 amide bonds. The minimum Gasteiger partial charge on any atom is -0.484 e. The van der Waals surface area contributed by atoms with Crippen molar-refractivity contribution in [1.29, 1.82) is 0 Å². The Hall–Kier alpha value is -2.54. The van der Waals surface area contributed by atoms with Gasteiger partial charge in [-0.2, -0.15) is 13.2 Å². The van der Waals surface area contributed by atoms with E-state index in [2.05, 4.69) is 17.0 Å². The fourth-order valence-corrected chi connectivity index (χ4v) is 3.22. The van der Waals surface area contributed by atoms with E-state index >= 15 is 0 Å². The molecule has 0 radical (unpaired) electrons. The molecule has 0 bridgehead atoms. The first-order valence-electron chi connectivity index (χ1n) is 9.26. The lowest BCUT2D eigenvalue weighted by Crippen LogP contribution is -2.38. The van der Waals surface area contributed by atoms with E-state index in [9.17, 15) is 18.0 Å². The molecule has 0 N–H and O–H groups in total. The second-order valence-electron chi connectivity index (χ2n) is 6.81. The lowest BCUT2D eigenvalue weighted by Gasteiger charge is -2.22. The monoisotopic (exact) mass is 392 g/mol. The topological polar surface area (TPSA) is 32.8 Å². The second-order valence-corrected chi connectivity index (χ2v) is 6.81. The zero-order valence-electron chi connectivity index (χ0n) is 15.5. The fraction of sp³-hybridized carbons (Fsp3) is 0.381. The van der Waals surface area contributed by atoms with Gasteiger partial charge in [-0.15, -0.1) is 0 Å². The summed E-state index contributed by atoms with van der Waals surface area (Å²) in [5.41, 5.74) is 0.443. The van der Waals surface area contributed by atoms with Crippen LogP contribution in [0.4, 0.5) is 13.2 Å². The molecule has 2 aromatic carbocycles. The van der Waals surface area contributed by atoms with Crippen LogP contribution < -0.4 is 4.74 Å². The fourth-order valence-electron chi connectivity index (χ4n) is 3.22. The standard InChI is InChI=1S/C21H23F3N2O2/c22-21(23,24)18-8-4-9-19(14-18)28-16-20(27)26-11-5-10-25(12-13-26)15-17-6-2-1-3-7-17/h1-4,6-9,14H,5,10-13,15-16H2. The number of alkyl halides is 3. The Kier molecular flexibility index (Phi) is 6.57. The number of amides is 1. The van der Waals surface area contributed by atoms with Crippen molar-refractivity contribution in [3.63, 3.8) is 0 Å². The van der Waals surface area contributed by atoms with Crippen LogP contribution in [0.2, 0.25) is 0 Å². The zero-order chi connectivity index (χ0) is 20.0. The van der Waals surface area contributed by atoms with E-state index in [4.69, 9.17) is 4.74 Å². The van der Waals surface area contributed by atoms with Crippen LogP contribution in [0.3, 0.4) is 0 Å². The number of hydrogen-bond donors (Lipinski definition) is 0. The first-order chi connectivity index (χ1) is 13.4. The van der Waals surface area contributed by atoms with Gasteiger partial charge in [0.25, 0.3) is 5.91 Å². The molecule has 1 aliphatic rings. The highest BCUT2D eigenvalue weighted by atomic mass is 19.4. The van der Waals surface area contributed by atoms with Crippen molar-refractivity contribution in [3.8, 4) is 5.75 Å². The first-order valence-corrected chi connectivity index (χ1v) is 9.26. The Bertz CT molecular complexity index is 781. The molecule has 0 aliphatic carbocycles. The van der Waals surface area contributed by atoms with Crippen LogP contribution >= 0.6 is 0 Å². The van der Waals surface area contributed by atoms with E-state index in [1.165, 1.54) is 17.7 Å². The Balaban J connectivity index is 1.50. The van der Waals surface area contributed by atoms with Gasteiger partial charge in [-0.3, -0.25) is 9.69 Å². The maximum Gasteiger partial charge on any atom is 0.416 e. The third kappa shape index (κ3) is 5.73. The SMILES string of the molecule is O=C(COc1cccc(C(F)(F)F)c1)N1CCCN(Cc2ccccc2)CC1. The molecule has 28 heavy (non-hydrogen) atoms. The van der Waals surface area contributed by atoms with Gasteiger partial charge in [0.05, 0.1) is 5.56 Å². The molecule has 2 aromatic rings. The lowest BCUT2D eigenvalue weighted by molar-refractivity contribution is -0.137. The summed E-state index contributed by atoms with van der Waals surface area (Å²) in [7, 11) is 0. The van der Waals surface area contributed by atoms with Gasteiger partial charge >= 0.3 is 6.18 Å². The van der Waals surface area contributed by atoms with E-state index in [1.54, 1.807) is 4.90 Å². The Morgan fingerprint density at radius 3 is 2.50 bits per heavy atom. The van der Waals surface area contributed by atoms with Gasteiger partial charge in [-0.1, -0.05) is 36.4 Å². The highest BCUT2D eigenvalue weighted by molar-refractivity contribution is 5.77. The Morgan fingerprint density at radius 2 is 1.75 bits per heavy atom. The summed E-state index contributed by atoms with van der Waals surface area (Å²) in [5, 5.41) is 0. The second kappa shape index (κ2) is 9.10. The van der Waals surface area contributed by atoms with Gasteiger partial charge in [0.1, 0.15) is 5.75 Å². The average molecular weight is 392 g/mol. The summed E-state index contributed by atoms with van der Waals surface area (Å²) in [6.45, 7) is 3.43. The van der Waals surface area contributed by atoms with Gasteiger partial charge < -0.3 is 9.64 Å².